The Balaban J connectivity index is 1.44. The number of carbonyl (C=O) groups is 2. The highest BCUT2D eigenvalue weighted by atomic mass is 35.5. The van der Waals surface area contributed by atoms with E-state index in [-0.39, 0.29) is 17.9 Å². The van der Waals surface area contributed by atoms with Crippen LogP contribution < -0.4 is 0 Å². The van der Waals surface area contributed by atoms with E-state index in [2.05, 4.69) is 0 Å². The zero-order valence-corrected chi connectivity index (χ0v) is 18.0. The Morgan fingerprint density at radius 1 is 1.10 bits per heavy atom. The molecule has 6 heteroatoms. The molecule has 0 aromatic heterocycles. The van der Waals surface area contributed by atoms with E-state index >= 15 is 0 Å². The minimum atomic E-state index is -0.210. The highest BCUT2D eigenvalue weighted by Crippen LogP contribution is 2.30. The average molecular weight is 427 g/mol. The van der Waals surface area contributed by atoms with Crippen LogP contribution in [0.2, 0.25) is 5.02 Å². The van der Waals surface area contributed by atoms with Gasteiger partial charge >= 0.3 is 0 Å². The Kier molecular flexibility index (Phi) is 6.40. The average Bonchev–Trinajstić information content (AvgIpc) is 3.57. The van der Waals surface area contributed by atoms with Crippen LogP contribution >= 0.6 is 11.6 Å². The fourth-order valence-electron chi connectivity index (χ4n) is 3.80. The maximum absolute atomic E-state index is 13.1. The van der Waals surface area contributed by atoms with Crippen LogP contribution in [-0.2, 0) is 4.74 Å². The van der Waals surface area contributed by atoms with Gasteiger partial charge in [0, 0.05) is 31.7 Å². The normalized spacial score (nSPS) is 18.9. The smallest absolute Gasteiger partial charge is 0.255 e. The molecule has 2 aromatic rings. The SMILES string of the molecule is Cc1ccc(C(=O)N(CC2CC2)CC2CN(C(=O)c3ccccc3Cl)CCO2)cc1. The first-order valence-electron chi connectivity index (χ1n) is 10.5. The van der Waals surface area contributed by atoms with Crippen LogP contribution in [0.5, 0.6) is 0 Å². The largest absolute Gasteiger partial charge is 0.373 e. The number of hydrogen-bond acceptors (Lipinski definition) is 3. The number of rotatable bonds is 6. The zero-order valence-electron chi connectivity index (χ0n) is 17.2. The number of aryl methyl sites for hydroxylation is 1. The summed E-state index contributed by atoms with van der Waals surface area (Å²) in [7, 11) is 0. The van der Waals surface area contributed by atoms with Crippen molar-refractivity contribution in [3.63, 3.8) is 0 Å². The van der Waals surface area contributed by atoms with Crippen molar-refractivity contribution in [2.24, 2.45) is 5.92 Å². The topological polar surface area (TPSA) is 49.9 Å². The van der Waals surface area contributed by atoms with E-state index in [1.54, 1.807) is 17.0 Å². The number of ether oxygens (including phenoxy) is 1. The van der Waals surface area contributed by atoms with Gasteiger partial charge in [0.15, 0.2) is 0 Å². The Morgan fingerprint density at radius 3 is 2.53 bits per heavy atom. The van der Waals surface area contributed by atoms with E-state index in [0.29, 0.717) is 48.3 Å². The Morgan fingerprint density at radius 2 is 1.83 bits per heavy atom. The predicted molar refractivity (Wildman–Crippen MR) is 117 cm³/mol. The molecule has 2 fully saturated rings. The summed E-state index contributed by atoms with van der Waals surface area (Å²) in [5.41, 5.74) is 2.33. The second-order valence-corrected chi connectivity index (χ2v) is 8.65. The molecule has 4 rings (SSSR count). The Hall–Kier alpha value is -2.37. The molecule has 0 N–H and O–H groups in total. The molecule has 1 aliphatic heterocycles. The van der Waals surface area contributed by atoms with E-state index in [1.807, 2.05) is 48.2 Å². The molecule has 1 saturated carbocycles. The molecule has 30 heavy (non-hydrogen) atoms. The first kappa shape index (κ1) is 20.9. The molecule has 0 radical (unpaired) electrons. The van der Waals surface area contributed by atoms with Gasteiger partial charge in [-0.05, 0) is 49.9 Å². The highest BCUT2D eigenvalue weighted by molar-refractivity contribution is 6.33. The van der Waals surface area contributed by atoms with Crippen molar-refractivity contribution in [1.82, 2.24) is 9.80 Å². The van der Waals surface area contributed by atoms with Gasteiger partial charge in [0.1, 0.15) is 0 Å². The molecule has 158 valence electrons. The summed E-state index contributed by atoms with van der Waals surface area (Å²) in [6.45, 7) is 4.66. The van der Waals surface area contributed by atoms with Crippen molar-refractivity contribution in [3.8, 4) is 0 Å². The molecule has 1 unspecified atom stereocenters. The number of nitrogens with zero attached hydrogens (tertiary/aromatic N) is 2. The van der Waals surface area contributed by atoms with Crippen LogP contribution in [0.15, 0.2) is 48.5 Å². The summed E-state index contributed by atoms with van der Waals surface area (Å²) in [5, 5.41) is 0.454. The molecule has 1 atom stereocenters. The van der Waals surface area contributed by atoms with E-state index in [1.165, 1.54) is 12.8 Å². The van der Waals surface area contributed by atoms with Crippen LogP contribution in [0.3, 0.4) is 0 Å². The van der Waals surface area contributed by atoms with Crippen molar-refractivity contribution >= 4 is 23.4 Å². The molecular weight excluding hydrogens is 400 g/mol. The summed E-state index contributed by atoms with van der Waals surface area (Å²) in [4.78, 5) is 29.8. The first-order chi connectivity index (χ1) is 14.5. The lowest BCUT2D eigenvalue weighted by Crippen LogP contribution is -2.51. The van der Waals surface area contributed by atoms with Crippen LogP contribution in [-0.4, -0.2) is 60.5 Å². The van der Waals surface area contributed by atoms with Gasteiger partial charge < -0.3 is 14.5 Å². The molecule has 2 aliphatic rings. The third kappa shape index (κ3) is 5.02. The minimum absolute atomic E-state index is 0.0278. The molecule has 0 bridgehead atoms. The van der Waals surface area contributed by atoms with Gasteiger partial charge in [0.2, 0.25) is 0 Å². The van der Waals surface area contributed by atoms with Crippen molar-refractivity contribution in [1.29, 1.82) is 0 Å². The third-order valence-corrected chi connectivity index (χ3v) is 6.05. The molecule has 5 nitrogen and oxygen atoms in total. The standard InChI is InChI=1S/C24H27ClN2O3/c1-17-6-10-19(11-7-17)23(28)27(14-18-8-9-18)16-20-15-26(12-13-30-20)24(29)21-4-2-3-5-22(21)25/h2-7,10-11,18,20H,8-9,12-16H2,1H3. The van der Waals surface area contributed by atoms with Crippen molar-refractivity contribution in [2.45, 2.75) is 25.9 Å². The summed E-state index contributed by atoms with van der Waals surface area (Å²) >= 11 is 6.21. The number of hydrogen-bond donors (Lipinski definition) is 0. The van der Waals surface area contributed by atoms with Crippen molar-refractivity contribution in [3.05, 3.63) is 70.2 Å². The van der Waals surface area contributed by atoms with Crippen molar-refractivity contribution < 1.29 is 14.3 Å². The highest BCUT2D eigenvalue weighted by Gasteiger charge is 2.32. The van der Waals surface area contributed by atoms with Gasteiger partial charge in [-0.15, -0.1) is 0 Å². The number of carbonyl (C=O) groups excluding carboxylic acids is 2. The number of benzene rings is 2. The van der Waals surface area contributed by atoms with Crippen molar-refractivity contribution in [2.75, 3.05) is 32.8 Å². The fraction of sp³-hybridized carbons (Fsp3) is 0.417. The van der Waals surface area contributed by atoms with E-state index in [0.717, 1.165) is 12.1 Å². The first-order valence-corrected chi connectivity index (χ1v) is 10.9. The van der Waals surface area contributed by atoms with E-state index in [4.69, 9.17) is 16.3 Å². The van der Waals surface area contributed by atoms with E-state index in [9.17, 15) is 9.59 Å². The van der Waals surface area contributed by atoms with E-state index < -0.39 is 0 Å². The minimum Gasteiger partial charge on any atom is -0.373 e. The zero-order chi connectivity index (χ0) is 21.1. The number of morpholine rings is 1. The predicted octanol–water partition coefficient (Wildman–Crippen LogP) is 4.04. The third-order valence-electron chi connectivity index (χ3n) is 5.72. The molecule has 1 aliphatic carbocycles. The monoisotopic (exact) mass is 426 g/mol. The number of amides is 2. The molecule has 2 amide bonds. The summed E-state index contributed by atoms with van der Waals surface area (Å²) in [5.74, 6) is 0.511. The van der Waals surface area contributed by atoms with Gasteiger partial charge in [0.25, 0.3) is 11.8 Å². The molecule has 2 aromatic carbocycles. The lowest BCUT2D eigenvalue weighted by atomic mass is 10.1. The van der Waals surface area contributed by atoms with Crippen LogP contribution in [0.25, 0.3) is 0 Å². The molecular formula is C24H27ClN2O3. The second-order valence-electron chi connectivity index (χ2n) is 8.24. The van der Waals surface area contributed by atoms with Gasteiger partial charge in [0.05, 0.1) is 23.3 Å². The van der Waals surface area contributed by atoms with Crippen LogP contribution in [0.1, 0.15) is 39.1 Å². The summed E-state index contributed by atoms with van der Waals surface area (Å²) in [6, 6.07) is 14.8. The molecule has 1 heterocycles. The second kappa shape index (κ2) is 9.19. The van der Waals surface area contributed by atoms with Gasteiger partial charge in [-0.2, -0.15) is 0 Å². The molecule has 0 spiro atoms. The maximum atomic E-state index is 13.1. The molecule has 1 saturated heterocycles. The summed E-state index contributed by atoms with van der Waals surface area (Å²) in [6.07, 6.45) is 2.12. The summed E-state index contributed by atoms with van der Waals surface area (Å²) < 4.78 is 5.94. The van der Waals surface area contributed by atoms with Gasteiger partial charge in [-0.25, -0.2) is 0 Å². The lowest BCUT2D eigenvalue weighted by molar-refractivity contribution is -0.0335. The Labute approximate surface area is 182 Å². The number of halogens is 1. The van der Waals surface area contributed by atoms with Crippen LogP contribution in [0.4, 0.5) is 0 Å². The lowest BCUT2D eigenvalue weighted by Gasteiger charge is -2.36. The van der Waals surface area contributed by atoms with Gasteiger partial charge in [-0.1, -0.05) is 41.4 Å². The fourth-order valence-corrected chi connectivity index (χ4v) is 4.01. The van der Waals surface area contributed by atoms with Gasteiger partial charge in [-0.3, -0.25) is 9.59 Å². The Bertz CT molecular complexity index is 911. The maximum Gasteiger partial charge on any atom is 0.255 e. The van der Waals surface area contributed by atoms with Crippen LogP contribution in [0, 0.1) is 12.8 Å². The quantitative estimate of drug-likeness (QED) is 0.700.